The lowest BCUT2D eigenvalue weighted by atomic mass is 9.97. The van der Waals surface area contributed by atoms with Gasteiger partial charge in [0.2, 0.25) is 0 Å². The Kier molecular flexibility index (Phi) is 3.65. The van der Waals surface area contributed by atoms with Crippen LogP contribution in [0.2, 0.25) is 0 Å². The Balaban J connectivity index is 2.67. The Morgan fingerprint density at radius 3 is 2.55 bits per heavy atom. The van der Waals surface area contributed by atoms with E-state index in [2.05, 4.69) is 10.2 Å². The molecule has 20 heavy (non-hydrogen) atoms. The normalized spacial score (nSPS) is 10.8. The molecule has 2 rings (SSSR count). The maximum absolute atomic E-state index is 11.8. The molecule has 0 unspecified atom stereocenters. The Labute approximate surface area is 115 Å². The van der Waals surface area contributed by atoms with Gasteiger partial charge in [-0.3, -0.25) is 15.0 Å². The van der Waals surface area contributed by atoms with Crippen molar-refractivity contribution < 1.29 is 14.6 Å². The van der Waals surface area contributed by atoms with Crippen LogP contribution in [0.5, 0.6) is 5.75 Å². The number of aromatic nitrogens is 2. The maximum Gasteiger partial charge on any atom is 0.354 e. The zero-order chi connectivity index (χ0) is 14.9. The summed E-state index contributed by atoms with van der Waals surface area (Å²) in [6.45, 7) is 4.08. The number of rotatable bonds is 4. The molecule has 1 aromatic heterocycles. The third kappa shape index (κ3) is 2.32. The summed E-state index contributed by atoms with van der Waals surface area (Å²) in [7, 11) is 1.49. The van der Waals surface area contributed by atoms with Crippen LogP contribution in [-0.4, -0.2) is 28.4 Å². The number of aromatic carboxylic acids is 1. The van der Waals surface area contributed by atoms with Gasteiger partial charge in [-0.05, 0) is 17.5 Å². The number of carboxylic acid groups (broad SMARTS) is 1. The van der Waals surface area contributed by atoms with E-state index in [0.717, 1.165) is 5.56 Å². The Morgan fingerprint density at radius 2 is 2.00 bits per heavy atom. The van der Waals surface area contributed by atoms with Crippen LogP contribution in [0.1, 0.15) is 35.8 Å². The summed E-state index contributed by atoms with van der Waals surface area (Å²) in [6, 6.07) is 5.39. The van der Waals surface area contributed by atoms with E-state index in [4.69, 9.17) is 9.84 Å². The minimum absolute atomic E-state index is 0.0738. The number of carboxylic acids is 1. The van der Waals surface area contributed by atoms with Crippen LogP contribution >= 0.6 is 0 Å². The number of methoxy groups -OCH3 is 1. The van der Waals surface area contributed by atoms with Gasteiger partial charge in [-0.2, -0.15) is 0 Å². The largest absolute Gasteiger partial charge is 0.496 e. The Bertz CT molecular complexity index is 697. The standard InChI is InChI=1S/C14H16N2O4/c1-7(2)8-4-5-9(10(6-8)20-3)11-12(14(18)19)15-16-13(11)17/h4-7H,1-3H3,(H,18,19)(H2,15,16,17). The number of aromatic amines is 2. The summed E-state index contributed by atoms with van der Waals surface area (Å²) < 4.78 is 5.29. The average molecular weight is 276 g/mol. The van der Waals surface area contributed by atoms with Crippen molar-refractivity contribution in [1.82, 2.24) is 10.2 Å². The number of benzene rings is 1. The first-order valence-corrected chi connectivity index (χ1v) is 6.18. The van der Waals surface area contributed by atoms with E-state index >= 15 is 0 Å². The number of H-pyrrole nitrogens is 2. The molecule has 3 N–H and O–H groups in total. The Morgan fingerprint density at radius 1 is 1.30 bits per heavy atom. The van der Waals surface area contributed by atoms with Crippen molar-refractivity contribution in [3.63, 3.8) is 0 Å². The summed E-state index contributed by atoms with van der Waals surface area (Å²) in [5.41, 5.74) is 0.916. The molecule has 0 aliphatic rings. The first-order valence-electron chi connectivity index (χ1n) is 6.18. The van der Waals surface area contributed by atoms with Crippen LogP contribution < -0.4 is 10.3 Å². The topological polar surface area (TPSA) is 95.2 Å². The van der Waals surface area contributed by atoms with E-state index in [1.165, 1.54) is 7.11 Å². The van der Waals surface area contributed by atoms with E-state index < -0.39 is 11.5 Å². The predicted molar refractivity (Wildman–Crippen MR) is 74.4 cm³/mol. The van der Waals surface area contributed by atoms with Crippen LogP contribution in [0, 0.1) is 0 Å². The molecule has 1 heterocycles. The summed E-state index contributed by atoms with van der Waals surface area (Å²) in [4.78, 5) is 23.0. The van der Waals surface area contributed by atoms with Gasteiger partial charge in [0, 0.05) is 5.56 Å². The van der Waals surface area contributed by atoms with E-state index in [-0.39, 0.29) is 11.3 Å². The molecule has 0 atom stereocenters. The summed E-state index contributed by atoms with van der Waals surface area (Å²) >= 11 is 0. The third-order valence-electron chi connectivity index (χ3n) is 3.15. The first kappa shape index (κ1) is 13.9. The van der Waals surface area contributed by atoms with Crippen molar-refractivity contribution in [2.45, 2.75) is 19.8 Å². The average Bonchev–Trinajstić information content (AvgIpc) is 2.79. The highest BCUT2D eigenvalue weighted by Gasteiger charge is 2.21. The fourth-order valence-electron chi connectivity index (χ4n) is 2.05. The van der Waals surface area contributed by atoms with Gasteiger partial charge in [0.25, 0.3) is 5.56 Å². The van der Waals surface area contributed by atoms with Crippen molar-refractivity contribution in [2.75, 3.05) is 7.11 Å². The van der Waals surface area contributed by atoms with Crippen LogP contribution in [0.15, 0.2) is 23.0 Å². The molecule has 0 aliphatic heterocycles. The zero-order valence-electron chi connectivity index (χ0n) is 11.5. The molecule has 0 saturated heterocycles. The molecule has 2 aromatic rings. The molecule has 106 valence electrons. The highest BCUT2D eigenvalue weighted by atomic mass is 16.5. The number of nitrogens with one attached hydrogen (secondary N) is 2. The molecule has 0 spiro atoms. The Hall–Kier alpha value is -2.50. The smallest absolute Gasteiger partial charge is 0.354 e. The number of hydrogen-bond donors (Lipinski definition) is 3. The van der Waals surface area contributed by atoms with E-state index in [9.17, 15) is 9.59 Å². The van der Waals surface area contributed by atoms with E-state index in [1.807, 2.05) is 26.0 Å². The monoisotopic (exact) mass is 276 g/mol. The summed E-state index contributed by atoms with van der Waals surface area (Å²) in [5.74, 6) is -0.418. The van der Waals surface area contributed by atoms with Gasteiger partial charge in [0.1, 0.15) is 5.75 Å². The van der Waals surface area contributed by atoms with Gasteiger partial charge in [0.15, 0.2) is 5.69 Å². The molecule has 0 fully saturated rings. The number of ether oxygens (including phenoxy) is 1. The van der Waals surface area contributed by atoms with Gasteiger partial charge in [-0.25, -0.2) is 4.79 Å². The second-order valence-corrected chi connectivity index (χ2v) is 4.75. The highest BCUT2D eigenvalue weighted by molar-refractivity contribution is 5.94. The van der Waals surface area contributed by atoms with Gasteiger partial charge in [0.05, 0.1) is 12.7 Å². The van der Waals surface area contributed by atoms with Crippen molar-refractivity contribution in [2.24, 2.45) is 0 Å². The summed E-state index contributed by atoms with van der Waals surface area (Å²) in [5, 5.41) is 13.8. The second kappa shape index (κ2) is 5.24. The molecular weight excluding hydrogens is 260 g/mol. The van der Waals surface area contributed by atoms with Gasteiger partial charge < -0.3 is 9.84 Å². The van der Waals surface area contributed by atoms with Gasteiger partial charge in [-0.1, -0.05) is 26.0 Å². The SMILES string of the molecule is COc1cc(C(C)C)ccc1-c1c(C(=O)O)[nH][nH]c1=O. The minimum atomic E-state index is -1.20. The molecule has 0 amide bonds. The van der Waals surface area contributed by atoms with E-state index in [0.29, 0.717) is 17.2 Å². The van der Waals surface area contributed by atoms with Crippen LogP contribution in [0.25, 0.3) is 11.1 Å². The molecule has 0 saturated carbocycles. The fourth-order valence-corrected chi connectivity index (χ4v) is 2.05. The second-order valence-electron chi connectivity index (χ2n) is 4.75. The van der Waals surface area contributed by atoms with Crippen molar-refractivity contribution in [3.8, 4) is 16.9 Å². The van der Waals surface area contributed by atoms with Gasteiger partial charge in [-0.15, -0.1) is 0 Å². The molecule has 0 aliphatic carbocycles. The van der Waals surface area contributed by atoms with Crippen LogP contribution in [0.4, 0.5) is 0 Å². The molecule has 1 aromatic carbocycles. The predicted octanol–water partition coefficient (Wildman–Crippen LogP) is 2.20. The molecule has 6 nitrogen and oxygen atoms in total. The minimum Gasteiger partial charge on any atom is -0.496 e. The first-order chi connectivity index (χ1) is 9.45. The number of hydrogen-bond acceptors (Lipinski definition) is 3. The summed E-state index contributed by atoms with van der Waals surface area (Å²) in [6.07, 6.45) is 0. The lowest BCUT2D eigenvalue weighted by Crippen LogP contribution is -2.06. The maximum atomic E-state index is 11.8. The van der Waals surface area contributed by atoms with Crippen molar-refractivity contribution >= 4 is 5.97 Å². The number of carbonyl (C=O) groups is 1. The molecule has 6 heteroatoms. The molecule has 0 radical (unpaired) electrons. The van der Waals surface area contributed by atoms with E-state index in [1.54, 1.807) is 6.07 Å². The molecule has 0 bridgehead atoms. The van der Waals surface area contributed by atoms with Gasteiger partial charge >= 0.3 is 5.97 Å². The lowest BCUT2D eigenvalue weighted by Gasteiger charge is -2.11. The molecular formula is C14H16N2O4. The van der Waals surface area contributed by atoms with Crippen molar-refractivity contribution in [1.29, 1.82) is 0 Å². The lowest BCUT2D eigenvalue weighted by molar-refractivity contribution is 0.0691. The van der Waals surface area contributed by atoms with Crippen molar-refractivity contribution in [3.05, 3.63) is 39.8 Å². The third-order valence-corrected chi connectivity index (χ3v) is 3.15. The zero-order valence-corrected chi connectivity index (χ0v) is 11.5. The van der Waals surface area contributed by atoms with Crippen LogP contribution in [0.3, 0.4) is 0 Å². The quantitative estimate of drug-likeness (QED) is 0.797. The fraction of sp³-hybridized carbons (Fsp3) is 0.286. The van der Waals surface area contributed by atoms with Crippen LogP contribution in [-0.2, 0) is 0 Å². The highest BCUT2D eigenvalue weighted by Crippen LogP contribution is 2.32.